The van der Waals surface area contributed by atoms with Gasteiger partial charge in [-0.1, -0.05) is 24.8 Å². The molecule has 2 aliphatic heterocycles. The fourth-order valence-electron chi connectivity index (χ4n) is 3.86. The maximum absolute atomic E-state index is 12.4. The summed E-state index contributed by atoms with van der Waals surface area (Å²) in [7, 11) is -2.38. The van der Waals surface area contributed by atoms with E-state index in [0.717, 1.165) is 11.8 Å². The van der Waals surface area contributed by atoms with Crippen LogP contribution < -0.4 is 18.9 Å². The van der Waals surface area contributed by atoms with Crippen LogP contribution in [0.4, 0.5) is 0 Å². The quantitative estimate of drug-likeness (QED) is 0.387. The van der Waals surface area contributed by atoms with Gasteiger partial charge < -0.3 is 23.7 Å². The van der Waals surface area contributed by atoms with Crippen LogP contribution in [0.25, 0.3) is 11.6 Å². The van der Waals surface area contributed by atoms with E-state index in [1.54, 1.807) is 24.3 Å². The summed E-state index contributed by atoms with van der Waals surface area (Å²) in [6.45, 7) is 3.91. The number of rotatable bonds is 9. The first-order chi connectivity index (χ1) is 16.3. The van der Waals surface area contributed by atoms with Crippen molar-refractivity contribution in [3.05, 3.63) is 59.2 Å². The van der Waals surface area contributed by atoms with E-state index in [2.05, 4.69) is 6.58 Å². The number of fused-ring (bicyclic) bond motifs is 2. The zero-order chi connectivity index (χ0) is 24.3. The fourth-order valence-corrected chi connectivity index (χ4v) is 4.24. The number of carbonyl (C=O) groups is 1. The van der Waals surface area contributed by atoms with Crippen molar-refractivity contribution in [1.82, 2.24) is 0 Å². The molecule has 0 radical (unpaired) electrons. The molecule has 2 aromatic carbocycles. The highest BCUT2D eigenvalue weighted by molar-refractivity contribution is 7.85. The predicted octanol–water partition coefficient (Wildman–Crippen LogP) is 3.52. The highest BCUT2D eigenvalue weighted by Gasteiger charge is 2.27. The van der Waals surface area contributed by atoms with Crippen molar-refractivity contribution in [3.8, 4) is 23.0 Å². The van der Waals surface area contributed by atoms with E-state index in [-0.39, 0.29) is 33.0 Å². The molecule has 0 saturated heterocycles. The molecule has 0 amide bonds. The Bertz CT molecular complexity index is 1260. The molecule has 0 bridgehead atoms. The highest BCUT2D eigenvalue weighted by Crippen LogP contribution is 2.47. The Morgan fingerprint density at radius 3 is 2.50 bits per heavy atom. The van der Waals surface area contributed by atoms with Crippen molar-refractivity contribution in [1.29, 1.82) is 0 Å². The molecule has 10 heteroatoms. The first kappa shape index (κ1) is 23.7. The molecule has 2 heterocycles. The zero-order valence-corrected chi connectivity index (χ0v) is 19.6. The zero-order valence-electron chi connectivity index (χ0n) is 18.8. The van der Waals surface area contributed by atoms with Gasteiger partial charge in [-0.2, -0.15) is 8.42 Å². The third kappa shape index (κ3) is 5.02. The number of carbonyl (C=O) groups excluding carboxylic acids is 1. The summed E-state index contributed by atoms with van der Waals surface area (Å²) in [5.74, 6) is 1.70. The molecule has 0 fully saturated rings. The van der Waals surface area contributed by atoms with Crippen LogP contribution in [0.15, 0.2) is 42.5 Å². The molecule has 0 atom stereocenters. The minimum absolute atomic E-state index is 0.0425. The predicted molar refractivity (Wildman–Crippen MR) is 123 cm³/mol. The Kier molecular flexibility index (Phi) is 6.80. The van der Waals surface area contributed by atoms with Crippen LogP contribution >= 0.6 is 0 Å². The molecular weight excluding hydrogens is 464 g/mol. The number of esters is 1. The molecule has 0 spiro atoms. The third-order valence-electron chi connectivity index (χ3n) is 5.34. The van der Waals surface area contributed by atoms with Crippen molar-refractivity contribution in [3.63, 3.8) is 0 Å². The Morgan fingerprint density at radius 2 is 1.76 bits per heavy atom. The van der Waals surface area contributed by atoms with E-state index in [4.69, 9.17) is 27.9 Å². The average Bonchev–Trinajstić information content (AvgIpc) is 3.47. The van der Waals surface area contributed by atoms with Crippen molar-refractivity contribution >= 4 is 27.7 Å². The monoisotopic (exact) mass is 488 g/mol. The largest absolute Gasteiger partial charge is 0.469 e. The lowest BCUT2D eigenvalue weighted by Crippen LogP contribution is -2.10. The van der Waals surface area contributed by atoms with Gasteiger partial charge >= 0.3 is 5.97 Å². The van der Waals surface area contributed by atoms with Crippen molar-refractivity contribution in [2.24, 2.45) is 0 Å². The summed E-state index contributed by atoms with van der Waals surface area (Å²) in [6.07, 6.45) is 2.68. The molecule has 0 unspecified atom stereocenters. The van der Waals surface area contributed by atoms with Crippen LogP contribution in [0.3, 0.4) is 0 Å². The number of hydrogen-bond donors (Lipinski definition) is 0. The lowest BCUT2D eigenvalue weighted by molar-refractivity contribution is -0.139. The molecule has 0 aromatic heterocycles. The smallest absolute Gasteiger partial charge is 0.309 e. The van der Waals surface area contributed by atoms with Gasteiger partial charge in [-0.3, -0.25) is 8.98 Å². The summed E-state index contributed by atoms with van der Waals surface area (Å²) in [5, 5.41) is 0. The van der Waals surface area contributed by atoms with Crippen molar-refractivity contribution in [2.75, 3.05) is 33.6 Å². The van der Waals surface area contributed by atoms with Gasteiger partial charge in [-0.25, -0.2) is 0 Å². The standard InChI is InChI=1S/C24H24O9S/c1-4-15-5-8-19-24(32-14-30-19)23(15)22(16-6-7-18-20(11-16)31-13-29-18)17(12-21(25)28-2)9-10-33-34(3,26)27/h4-8,11H,1,9-10,12-14H2,2-3H3/b22-17-. The lowest BCUT2D eigenvalue weighted by atomic mass is 9.86. The van der Waals surface area contributed by atoms with Crippen LogP contribution in [-0.4, -0.2) is 47.9 Å². The Hall–Kier alpha value is -3.50. The summed E-state index contributed by atoms with van der Waals surface area (Å²) in [6, 6.07) is 9.03. The summed E-state index contributed by atoms with van der Waals surface area (Å²) in [5.41, 5.74) is 3.32. The SMILES string of the molecule is C=Cc1ccc2c(c1/C(=C(/CCOS(C)(=O)=O)CC(=O)OC)c1ccc3c(c1)OCO3)OCO2. The molecule has 0 saturated carbocycles. The number of hydrogen-bond acceptors (Lipinski definition) is 9. The van der Waals surface area contributed by atoms with Crippen LogP contribution in [-0.2, 0) is 23.8 Å². The average molecular weight is 489 g/mol. The molecule has 2 aliphatic rings. The maximum atomic E-state index is 12.4. The second kappa shape index (κ2) is 9.78. The van der Waals surface area contributed by atoms with Gasteiger partial charge in [-0.15, -0.1) is 0 Å². The van der Waals surface area contributed by atoms with E-state index < -0.39 is 16.1 Å². The van der Waals surface area contributed by atoms with Gasteiger partial charge in [0.15, 0.2) is 23.0 Å². The van der Waals surface area contributed by atoms with E-state index in [1.807, 2.05) is 12.1 Å². The molecule has 4 rings (SSSR count). The highest BCUT2D eigenvalue weighted by atomic mass is 32.2. The number of ether oxygens (including phenoxy) is 5. The van der Waals surface area contributed by atoms with Gasteiger partial charge in [0.25, 0.3) is 10.1 Å². The van der Waals surface area contributed by atoms with Crippen molar-refractivity contribution < 1.29 is 41.1 Å². The van der Waals surface area contributed by atoms with E-state index in [9.17, 15) is 13.2 Å². The molecule has 9 nitrogen and oxygen atoms in total. The maximum Gasteiger partial charge on any atom is 0.309 e. The number of methoxy groups -OCH3 is 1. The van der Waals surface area contributed by atoms with Gasteiger partial charge in [0.1, 0.15) is 0 Å². The first-order valence-electron chi connectivity index (χ1n) is 10.4. The topological polar surface area (TPSA) is 107 Å². The lowest BCUT2D eigenvalue weighted by Gasteiger charge is -2.20. The Balaban J connectivity index is 1.95. The second-order valence-corrected chi connectivity index (χ2v) is 9.19. The second-order valence-electron chi connectivity index (χ2n) is 7.54. The molecule has 180 valence electrons. The fraction of sp³-hybridized carbons (Fsp3) is 0.292. The van der Waals surface area contributed by atoms with Gasteiger partial charge in [-0.05, 0) is 46.9 Å². The van der Waals surface area contributed by atoms with Gasteiger partial charge in [0, 0.05) is 5.56 Å². The molecular formula is C24H24O9S. The Morgan fingerprint density at radius 1 is 1.06 bits per heavy atom. The summed E-state index contributed by atoms with van der Waals surface area (Å²) < 4.78 is 55.4. The van der Waals surface area contributed by atoms with Crippen molar-refractivity contribution in [2.45, 2.75) is 12.8 Å². The minimum atomic E-state index is -3.68. The van der Waals surface area contributed by atoms with E-state index in [1.165, 1.54) is 7.11 Å². The summed E-state index contributed by atoms with van der Waals surface area (Å²) >= 11 is 0. The molecule has 2 aromatic rings. The van der Waals surface area contributed by atoms with Crippen LogP contribution in [0.1, 0.15) is 29.5 Å². The number of benzene rings is 2. The van der Waals surface area contributed by atoms with E-state index in [0.29, 0.717) is 45.3 Å². The van der Waals surface area contributed by atoms with Crippen LogP contribution in [0.2, 0.25) is 0 Å². The third-order valence-corrected chi connectivity index (χ3v) is 5.94. The first-order valence-corrected chi connectivity index (χ1v) is 12.2. The normalized spacial score (nSPS) is 14.5. The molecule has 0 N–H and O–H groups in total. The molecule has 0 aliphatic carbocycles. The Labute approximate surface area is 197 Å². The van der Waals surface area contributed by atoms with Gasteiger partial charge in [0.2, 0.25) is 13.6 Å². The van der Waals surface area contributed by atoms with E-state index >= 15 is 0 Å². The molecule has 34 heavy (non-hydrogen) atoms. The van der Waals surface area contributed by atoms with Crippen LogP contribution in [0.5, 0.6) is 23.0 Å². The summed E-state index contributed by atoms with van der Waals surface area (Å²) in [4.78, 5) is 12.4. The van der Waals surface area contributed by atoms with Crippen LogP contribution in [0, 0.1) is 0 Å². The van der Waals surface area contributed by atoms with Gasteiger partial charge in [0.05, 0.1) is 26.4 Å². The minimum Gasteiger partial charge on any atom is -0.469 e.